The fraction of sp³-hybridized carbons (Fsp3) is 0.120. The van der Waals surface area contributed by atoms with E-state index in [2.05, 4.69) is 0 Å². The van der Waals surface area contributed by atoms with Crippen LogP contribution in [-0.2, 0) is 15.6 Å². The molecule has 0 spiro atoms. The van der Waals surface area contributed by atoms with Gasteiger partial charge in [-0.2, -0.15) is 0 Å². The van der Waals surface area contributed by atoms with Crippen molar-refractivity contribution in [3.8, 4) is 0 Å². The highest BCUT2D eigenvalue weighted by molar-refractivity contribution is 7.95. The Morgan fingerprint density at radius 2 is 1.42 bits per heavy atom. The predicted molar refractivity (Wildman–Crippen MR) is 131 cm³/mol. The number of carboxylic acid groups (broad SMARTS) is 1. The van der Waals surface area contributed by atoms with Crippen molar-refractivity contribution in [3.05, 3.63) is 105 Å². The Balaban J connectivity index is 2.05. The number of rotatable bonds is 8. The molecule has 0 aliphatic rings. The van der Waals surface area contributed by atoms with Crippen LogP contribution in [0.3, 0.4) is 0 Å². The summed E-state index contributed by atoms with van der Waals surface area (Å²) in [6.45, 7) is 0. The van der Waals surface area contributed by atoms with Gasteiger partial charge in [-0.25, -0.2) is 13.2 Å². The summed E-state index contributed by atoms with van der Waals surface area (Å²) in [6.07, 6.45) is 1.35. The number of nitrogens with zero attached hydrogens (tertiary/aromatic N) is 1. The number of ketones is 1. The Bertz CT molecular complexity index is 1290. The van der Waals surface area contributed by atoms with E-state index in [0.29, 0.717) is 16.1 Å². The average Bonchev–Trinajstić information content (AvgIpc) is 2.78. The lowest BCUT2D eigenvalue weighted by Crippen LogP contribution is -2.16. The van der Waals surface area contributed by atoms with Gasteiger partial charge < -0.3 is 10.0 Å². The molecule has 0 amide bonds. The molecule has 0 saturated carbocycles. The molecule has 0 aliphatic heterocycles. The summed E-state index contributed by atoms with van der Waals surface area (Å²) in [5.41, 5.74) is 2.04. The molecule has 33 heavy (non-hydrogen) atoms. The van der Waals surface area contributed by atoms with Crippen LogP contribution in [0.5, 0.6) is 0 Å². The molecule has 3 aromatic carbocycles. The second-order valence-electron chi connectivity index (χ2n) is 7.59. The van der Waals surface area contributed by atoms with Gasteiger partial charge in [-0.15, -0.1) is 0 Å². The molecule has 3 aromatic rings. The minimum atomic E-state index is -4.05. The number of hydrogen-bond donors (Lipinski definition) is 1. The van der Waals surface area contributed by atoms with Gasteiger partial charge in [0.25, 0.3) is 0 Å². The first-order chi connectivity index (χ1) is 15.6. The van der Waals surface area contributed by atoms with Crippen molar-refractivity contribution in [2.75, 3.05) is 19.0 Å². The summed E-state index contributed by atoms with van der Waals surface area (Å²) < 4.78 is 26.7. The molecule has 0 bridgehead atoms. The molecule has 0 heterocycles. The number of anilines is 1. The molecule has 170 valence electrons. The van der Waals surface area contributed by atoms with E-state index in [0.717, 1.165) is 5.69 Å². The van der Waals surface area contributed by atoms with E-state index in [1.165, 1.54) is 30.3 Å². The first kappa shape index (κ1) is 24.2. The number of allylic oxidation sites excluding steroid dienone is 1. The fourth-order valence-electron chi connectivity index (χ4n) is 3.10. The number of Topliss-reactive ketones (excluding diaryl/α,β-unsaturated/α-hetero) is 1. The van der Waals surface area contributed by atoms with Crippen LogP contribution < -0.4 is 4.90 Å². The molecule has 8 heteroatoms. The summed E-state index contributed by atoms with van der Waals surface area (Å²) in [4.78, 5) is 25.9. The van der Waals surface area contributed by atoms with E-state index < -0.39 is 21.6 Å². The largest absolute Gasteiger partial charge is 0.478 e. The highest BCUT2D eigenvalue weighted by atomic mass is 35.5. The van der Waals surface area contributed by atoms with Gasteiger partial charge in [0, 0.05) is 30.4 Å². The molecule has 0 radical (unpaired) electrons. The van der Waals surface area contributed by atoms with Crippen molar-refractivity contribution >= 4 is 45.0 Å². The number of carboxylic acids is 1. The van der Waals surface area contributed by atoms with Gasteiger partial charge in [0.2, 0.25) is 5.78 Å². The summed E-state index contributed by atoms with van der Waals surface area (Å²) in [7, 11) is -0.273. The second kappa shape index (κ2) is 10.0. The van der Waals surface area contributed by atoms with Crippen LogP contribution in [0.15, 0.2) is 77.7 Å². The van der Waals surface area contributed by atoms with Gasteiger partial charge in [-0.1, -0.05) is 48.0 Å². The van der Waals surface area contributed by atoms with Crippen LogP contribution in [0.4, 0.5) is 5.69 Å². The van der Waals surface area contributed by atoms with Gasteiger partial charge >= 0.3 is 5.97 Å². The molecule has 0 unspecified atom stereocenters. The number of aromatic carboxylic acids is 1. The zero-order valence-corrected chi connectivity index (χ0v) is 19.6. The van der Waals surface area contributed by atoms with Gasteiger partial charge in [0.1, 0.15) is 4.91 Å². The maximum absolute atomic E-state index is 13.3. The normalized spacial score (nSPS) is 11.8. The van der Waals surface area contributed by atoms with Crippen molar-refractivity contribution in [2.45, 2.75) is 5.75 Å². The summed E-state index contributed by atoms with van der Waals surface area (Å²) in [5.74, 6) is -2.23. The first-order valence-electron chi connectivity index (χ1n) is 9.91. The van der Waals surface area contributed by atoms with Crippen molar-refractivity contribution in [1.29, 1.82) is 0 Å². The number of benzene rings is 3. The van der Waals surface area contributed by atoms with E-state index >= 15 is 0 Å². The van der Waals surface area contributed by atoms with Crippen LogP contribution in [0.2, 0.25) is 5.02 Å². The zero-order chi connectivity index (χ0) is 24.2. The van der Waals surface area contributed by atoms with Crippen LogP contribution in [-0.4, -0.2) is 39.4 Å². The number of hydrogen-bond acceptors (Lipinski definition) is 5. The van der Waals surface area contributed by atoms with E-state index in [1.807, 2.05) is 31.1 Å². The quantitative estimate of drug-likeness (QED) is 0.360. The minimum absolute atomic E-state index is 0.000347. The van der Waals surface area contributed by atoms with E-state index in [9.17, 15) is 18.0 Å². The molecule has 3 rings (SSSR count). The third-order valence-electron chi connectivity index (χ3n) is 4.93. The van der Waals surface area contributed by atoms with Gasteiger partial charge in [0.15, 0.2) is 9.84 Å². The molecule has 1 N–H and O–H groups in total. The van der Waals surface area contributed by atoms with Gasteiger partial charge in [-0.05, 0) is 53.6 Å². The van der Waals surface area contributed by atoms with Crippen LogP contribution in [0.1, 0.15) is 31.8 Å². The lowest BCUT2D eigenvalue weighted by Gasteiger charge is -2.13. The molecular formula is C25H22ClNO5S. The third kappa shape index (κ3) is 6.09. The molecular weight excluding hydrogens is 462 g/mol. The lowest BCUT2D eigenvalue weighted by molar-refractivity contribution is 0.0696. The Kier molecular flexibility index (Phi) is 7.36. The molecule has 0 saturated heterocycles. The SMILES string of the molecule is CN(C)c1ccc(/C=C(\C(=O)c2ccc(C(=O)O)cc2)S(=O)(=O)Cc2ccc(Cl)cc2)cc1. The minimum Gasteiger partial charge on any atom is -0.478 e. The molecule has 0 aliphatic carbocycles. The van der Waals surface area contributed by atoms with E-state index in [1.54, 1.807) is 36.4 Å². The van der Waals surface area contributed by atoms with E-state index in [4.69, 9.17) is 16.7 Å². The Morgan fingerprint density at radius 1 is 0.879 bits per heavy atom. The fourth-order valence-corrected chi connectivity index (χ4v) is 4.73. The van der Waals surface area contributed by atoms with Gasteiger partial charge in [-0.3, -0.25) is 4.79 Å². The maximum atomic E-state index is 13.3. The standard InChI is InChI=1S/C25H22ClNO5S/c1-27(2)22-13-5-17(6-14-22)15-23(24(28)19-7-9-20(10-8-19)25(29)30)33(31,32)16-18-3-11-21(26)12-4-18/h3-15H,16H2,1-2H3,(H,29,30)/b23-15+. The average molecular weight is 484 g/mol. The smallest absolute Gasteiger partial charge is 0.335 e. The monoisotopic (exact) mass is 483 g/mol. The number of carbonyl (C=O) groups is 2. The Hall–Kier alpha value is -3.42. The molecule has 6 nitrogen and oxygen atoms in total. The number of carbonyl (C=O) groups excluding carboxylic acids is 1. The van der Waals surface area contributed by atoms with Crippen molar-refractivity contribution in [1.82, 2.24) is 0 Å². The maximum Gasteiger partial charge on any atom is 0.335 e. The highest BCUT2D eigenvalue weighted by Gasteiger charge is 2.27. The van der Waals surface area contributed by atoms with E-state index in [-0.39, 0.29) is 21.8 Å². The van der Waals surface area contributed by atoms with Crippen LogP contribution in [0, 0.1) is 0 Å². The summed E-state index contributed by atoms with van der Waals surface area (Å²) in [6, 6.07) is 18.6. The van der Waals surface area contributed by atoms with Crippen molar-refractivity contribution < 1.29 is 23.1 Å². The molecule has 0 aromatic heterocycles. The molecule has 0 fully saturated rings. The second-order valence-corrected chi connectivity index (χ2v) is 9.99. The van der Waals surface area contributed by atoms with Crippen molar-refractivity contribution in [3.63, 3.8) is 0 Å². The van der Waals surface area contributed by atoms with Gasteiger partial charge in [0.05, 0.1) is 11.3 Å². The number of halogens is 1. The summed E-state index contributed by atoms with van der Waals surface area (Å²) >= 11 is 5.89. The topological polar surface area (TPSA) is 91.8 Å². The third-order valence-corrected chi connectivity index (χ3v) is 6.87. The predicted octanol–water partition coefficient (Wildman–Crippen LogP) is 4.94. The highest BCUT2D eigenvalue weighted by Crippen LogP contribution is 2.24. The summed E-state index contributed by atoms with van der Waals surface area (Å²) in [5, 5.41) is 9.56. The Morgan fingerprint density at radius 3 is 1.94 bits per heavy atom. The zero-order valence-electron chi connectivity index (χ0n) is 18.0. The number of sulfone groups is 1. The molecule has 0 atom stereocenters. The van der Waals surface area contributed by atoms with Crippen molar-refractivity contribution in [2.24, 2.45) is 0 Å². The lowest BCUT2D eigenvalue weighted by atomic mass is 10.1. The van der Waals surface area contributed by atoms with Crippen LogP contribution in [0.25, 0.3) is 6.08 Å². The first-order valence-corrected chi connectivity index (χ1v) is 11.9. The Labute approximate surface area is 197 Å². The van der Waals surface area contributed by atoms with Crippen LogP contribution >= 0.6 is 11.6 Å².